The maximum absolute atomic E-state index is 12.2. The number of aromatic nitrogens is 4. The summed E-state index contributed by atoms with van der Waals surface area (Å²) in [5.74, 6) is 0.388. The van der Waals surface area contributed by atoms with E-state index in [1.807, 2.05) is 32.8 Å². The lowest BCUT2D eigenvalue weighted by molar-refractivity contribution is 0.102. The van der Waals surface area contributed by atoms with Crippen LogP contribution in [0.2, 0.25) is 0 Å². The number of nitrogens with one attached hydrogen (secondary N) is 1. The molecule has 0 fully saturated rings. The molecule has 2 aromatic rings. The van der Waals surface area contributed by atoms with Crippen LogP contribution >= 0.6 is 11.5 Å². The van der Waals surface area contributed by atoms with Crippen molar-refractivity contribution in [3.8, 4) is 0 Å². The first-order valence-corrected chi connectivity index (χ1v) is 6.80. The number of carbonyl (C=O) groups excluding carboxylic acids is 1. The number of aryl methyl sites for hydroxylation is 3. The Morgan fingerprint density at radius 3 is 2.15 bits per heavy atom. The van der Waals surface area contributed by atoms with Crippen molar-refractivity contribution in [2.75, 3.05) is 24.3 Å². The molecule has 0 spiro atoms. The van der Waals surface area contributed by atoms with Crippen molar-refractivity contribution in [1.82, 2.24) is 19.6 Å². The molecule has 20 heavy (non-hydrogen) atoms. The second kappa shape index (κ2) is 5.49. The van der Waals surface area contributed by atoms with Gasteiger partial charge in [0.2, 0.25) is 5.95 Å². The molecule has 0 saturated heterocycles. The first kappa shape index (κ1) is 14.3. The van der Waals surface area contributed by atoms with Gasteiger partial charge >= 0.3 is 0 Å². The van der Waals surface area contributed by atoms with Gasteiger partial charge in [0.05, 0.1) is 22.8 Å². The minimum Gasteiger partial charge on any atom is -0.347 e. The van der Waals surface area contributed by atoms with Crippen molar-refractivity contribution in [2.45, 2.75) is 20.8 Å². The Hall–Kier alpha value is -2.09. The summed E-state index contributed by atoms with van der Waals surface area (Å²) in [6.07, 6.45) is 0. The standard InChI is InChI=1S/C12H16N6OS/c1-6-9(7(2)14-12(13-6)18(4)5)15-11(19)10-8(3)16-17-20-10/h1-5H3,(H,15,19). The molecule has 0 aliphatic rings. The summed E-state index contributed by atoms with van der Waals surface area (Å²) in [5.41, 5.74) is 2.70. The summed E-state index contributed by atoms with van der Waals surface area (Å²) in [6, 6.07) is 0. The van der Waals surface area contributed by atoms with E-state index in [9.17, 15) is 4.79 Å². The van der Waals surface area contributed by atoms with Gasteiger partial charge in [-0.1, -0.05) is 4.49 Å². The van der Waals surface area contributed by atoms with Gasteiger partial charge in [-0.05, 0) is 32.3 Å². The Bertz CT molecular complexity index is 628. The van der Waals surface area contributed by atoms with Crippen molar-refractivity contribution in [1.29, 1.82) is 0 Å². The maximum Gasteiger partial charge on any atom is 0.269 e. The van der Waals surface area contributed by atoms with E-state index in [2.05, 4.69) is 24.9 Å². The fourth-order valence-corrected chi connectivity index (χ4v) is 2.24. The Balaban J connectivity index is 2.31. The zero-order valence-electron chi connectivity index (χ0n) is 12.1. The van der Waals surface area contributed by atoms with Crippen LogP contribution in [0.1, 0.15) is 26.8 Å². The smallest absolute Gasteiger partial charge is 0.269 e. The summed E-state index contributed by atoms with van der Waals surface area (Å²) < 4.78 is 3.76. The highest BCUT2D eigenvalue weighted by Crippen LogP contribution is 2.21. The van der Waals surface area contributed by atoms with Gasteiger partial charge < -0.3 is 10.2 Å². The third-order valence-electron chi connectivity index (χ3n) is 2.76. The van der Waals surface area contributed by atoms with Crippen LogP contribution in [0.25, 0.3) is 0 Å². The average molecular weight is 292 g/mol. The molecular formula is C12H16N6OS. The molecule has 2 rings (SSSR count). The number of hydrogen-bond acceptors (Lipinski definition) is 7. The van der Waals surface area contributed by atoms with E-state index in [1.54, 1.807) is 6.92 Å². The zero-order valence-corrected chi connectivity index (χ0v) is 12.9. The number of hydrogen-bond donors (Lipinski definition) is 1. The number of carbonyl (C=O) groups is 1. The highest BCUT2D eigenvalue weighted by Gasteiger charge is 2.17. The Labute approximate surface area is 121 Å². The van der Waals surface area contributed by atoms with Gasteiger partial charge in [-0.25, -0.2) is 9.97 Å². The van der Waals surface area contributed by atoms with Gasteiger partial charge in [0.15, 0.2) is 0 Å². The predicted molar refractivity (Wildman–Crippen MR) is 78.4 cm³/mol. The molecule has 0 saturated carbocycles. The minimum absolute atomic E-state index is 0.232. The SMILES string of the molecule is Cc1nnsc1C(=O)Nc1c(C)nc(N(C)C)nc1C. The van der Waals surface area contributed by atoms with Crippen molar-refractivity contribution in [2.24, 2.45) is 0 Å². The van der Waals surface area contributed by atoms with E-state index >= 15 is 0 Å². The van der Waals surface area contributed by atoms with Crippen LogP contribution in [-0.2, 0) is 0 Å². The highest BCUT2D eigenvalue weighted by atomic mass is 32.1. The summed E-state index contributed by atoms with van der Waals surface area (Å²) in [6.45, 7) is 5.44. The summed E-state index contributed by atoms with van der Waals surface area (Å²) in [5, 5.41) is 6.67. The summed E-state index contributed by atoms with van der Waals surface area (Å²) >= 11 is 1.07. The molecule has 0 aliphatic carbocycles. The first-order chi connectivity index (χ1) is 9.40. The van der Waals surface area contributed by atoms with Gasteiger partial charge in [-0.3, -0.25) is 4.79 Å². The molecule has 0 radical (unpaired) electrons. The number of nitrogens with zero attached hydrogens (tertiary/aromatic N) is 5. The average Bonchev–Trinajstić information content (AvgIpc) is 2.79. The van der Waals surface area contributed by atoms with Crippen LogP contribution in [-0.4, -0.2) is 39.6 Å². The highest BCUT2D eigenvalue weighted by molar-refractivity contribution is 7.08. The lowest BCUT2D eigenvalue weighted by Gasteiger charge is -2.15. The molecule has 7 nitrogen and oxygen atoms in total. The van der Waals surface area contributed by atoms with Crippen molar-refractivity contribution in [3.05, 3.63) is 22.0 Å². The lowest BCUT2D eigenvalue weighted by atomic mass is 10.2. The minimum atomic E-state index is -0.232. The van der Waals surface area contributed by atoms with Crippen LogP contribution < -0.4 is 10.2 Å². The van der Waals surface area contributed by atoms with Crippen molar-refractivity contribution < 1.29 is 4.79 Å². The molecule has 0 aromatic carbocycles. The van der Waals surface area contributed by atoms with Crippen LogP contribution in [0.15, 0.2) is 0 Å². The van der Waals surface area contributed by atoms with Crippen molar-refractivity contribution in [3.63, 3.8) is 0 Å². The molecule has 8 heteroatoms. The number of amides is 1. The zero-order chi connectivity index (χ0) is 14.9. The van der Waals surface area contributed by atoms with Gasteiger partial charge in [0.25, 0.3) is 5.91 Å². The molecule has 2 heterocycles. The first-order valence-electron chi connectivity index (χ1n) is 6.03. The second-order valence-corrected chi connectivity index (χ2v) is 5.36. The Kier molecular flexibility index (Phi) is 3.93. The molecule has 0 bridgehead atoms. The Morgan fingerprint density at radius 2 is 1.70 bits per heavy atom. The molecule has 0 aliphatic heterocycles. The summed E-state index contributed by atoms with van der Waals surface area (Å²) in [7, 11) is 3.75. The van der Waals surface area contributed by atoms with E-state index in [1.165, 1.54) is 0 Å². The predicted octanol–water partition coefficient (Wildman–Crippen LogP) is 1.57. The summed E-state index contributed by atoms with van der Waals surface area (Å²) in [4.78, 5) is 23.2. The van der Waals surface area contributed by atoms with Gasteiger partial charge in [-0.2, -0.15) is 0 Å². The van der Waals surface area contributed by atoms with Crippen LogP contribution in [0.3, 0.4) is 0 Å². The second-order valence-electron chi connectivity index (χ2n) is 4.61. The van der Waals surface area contributed by atoms with Crippen LogP contribution in [0.4, 0.5) is 11.6 Å². The molecular weight excluding hydrogens is 276 g/mol. The van der Waals surface area contributed by atoms with E-state index in [0.717, 1.165) is 22.9 Å². The molecule has 1 N–H and O–H groups in total. The third kappa shape index (κ3) is 2.74. The van der Waals surface area contributed by atoms with Gasteiger partial charge in [0, 0.05) is 14.1 Å². The van der Waals surface area contributed by atoms with Crippen molar-refractivity contribution >= 4 is 29.1 Å². The van der Waals surface area contributed by atoms with E-state index < -0.39 is 0 Å². The molecule has 1 amide bonds. The van der Waals surface area contributed by atoms with Crippen LogP contribution in [0.5, 0.6) is 0 Å². The monoisotopic (exact) mass is 292 g/mol. The van der Waals surface area contributed by atoms with E-state index in [0.29, 0.717) is 22.2 Å². The maximum atomic E-state index is 12.2. The quantitative estimate of drug-likeness (QED) is 0.924. The van der Waals surface area contributed by atoms with E-state index in [-0.39, 0.29) is 5.91 Å². The normalized spacial score (nSPS) is 10.4. The molecule has 0 unspecified atom stereocenters. The number of anilines is 2. The topological polar surface area (TPSA) is 83.9 Å². The largest absolute Gasteiger partial charge is 0.347 e. The van der Waals surface area contributed by atoms with Gasteiger partial charge in [0.1, 0.15) is 4.88 Å². The third-order valence-corrected chi connectivity index (χ3v) is 3.58. The van der Waals surface area contributed by atoms with Gasteiger partial charge in [-0.15, -0.1) is 5.10 Å². The number of rotatable bonds is 3. The Morgan fingerprint density at radius 1 is 1.10 bits per heavy atom. The molecule has 106 valence electrons. The lowest BCUT2D eigenvalue weighted by Crippen LogP contribution is -2.18. The molecule has 2 aromatic heterocycles. The fourth-order valence-electron chi connectivity index (χ4n) is 1.69. The van der Waals surface area contributed by atoms with E-state index in [4.69, 9.17) is 0 Å². The van der Waals surface area contributed by atoms with Crippen LogP contribution in [0, 0.1) is 20.8 Å². The molecule has 0 atom stereocenters. The fraction of sp³-hybridized carbons (Fsp3) is 0.417.